The first kappa shape index (κ1) is 28.0. The highest BCUT2D eigenvalue weighted by molar-refractivity contribution is 5.71. The lowest BCUT2D eigenvalue weighted by molar-refractivity contribution is -0.000225. The van der Waals surface area contributed by atoms with Crippen molar-refractivity contribution in [2.45, 2.75) is 70.8 Å². The Balaban J connectivity index is 1.42. The van der Waals surface area contributed by atoms with Gasteiger partial charge in [-0.25, -0.2) is 8.78 Å². The van der Waals surface area contributed by atoms with Crippen molar-refractivity contribution in [3.8, 4) is 28.0 Å². The first-order valence-electron chi connectivity index (χ1n) is 13.8. The number of hydrogen-bond donors (Lipinski definition) is 0. The predicted molar refractivity (Wildman–Crippen MR) is 148 cm³/mol. The number of unbranched alkanes of at least 4 members (excludes halogenated alkanes) is 2. The van der Waals surface area contributed by atoms with Crippen molar-refractivity contribution in [3.05, 3.63) is 89.8 Å². The van der Waals surface area contributed by atoms with Gasteiger partial charge >= 0.3 is 0 Å². The van der Waals surface area contributed by atoms with Gasteiger partial charge in [0.05, 0.1) is 19.3 Å². The van der Waals surface area contributed by atoms with Gasteiger partial charge in [0.25, 0.3) is 0 Å². The fourth-order valence-corrected chi connectivity index (χ4v) is 4.99. The summed E-state index contributed by atoms with van der Waals surface area (Å²) in [6, 6.07) is 15.2. The Morgan fingerprint density at radius 2 is 1.63 bits per heavy atom. The molecule has 1 aliphatic heterocycles. The lowest BCUT2D eigenvalue weighted by Crippen LogP contribution is -2.24. The van der Waals surface area contributed by atoms with Gasteiger partial charge in [0.15, 0.2) is 11.6 Å². The molecule has 0 bridgehead atoms. The Labute approximate surface area is 224 Å². The van der Waals surface area contributed by atoms with E-state index in [0.29, 0.717) is 29.9 Å². The van der Waals surface area contributed by atoms with E-state index < -0.39 is 11.6 Å². The Morgan fingerprint density at radius 1 is 0.895 bits per heavy atom. The van der Waals surface area contributed by atoms with Crippen molar-refractivity contribution in [1.82, 2.24) is 0 Å². The van der Waals surface area contributed by atoms with Crippen LogP contribution in [0.25, 0.3) is 22.3 Å². The number of rotatable bonds is 11. The maximum atomic E-state index is 15.1. The molecule has 0 N–H and O–H groups in total. The molecule has 0 aromatic heterocycles. The molecule has 0 saturated carbocycles. The molecule has 38 heavy (non-hydrogen) atoms. The molecule has 2 atom stereocenters. The number of benzene rings is 3. The quantitative estimate of drug-likeness (QED) is 0.184. The Hall–Kier alpha value is -3.05. The zero-order valence-electron chi connectivity index (χ0n) is 22.3. The van der Waals surface area contributed by atoms with Gasteiger partial charge in [0.1, 0.15) is 5.82 Å². The molecule has 0 spiro atoms. The van der Waals surface area contributed by atoms with Gasteiger partial charge < -0.3 is 9.47 Å². The van der Waals surface area contributed by atoms with Crippen LogP contribution in [0.2, 0.25) is 0 Å². The monoisotopic (exact) mass is 522 g/mol. The number of halogens is 3. The molecule has 3 aromatic rings. The number of allylic oxidation sites excluding steroid dienone is 2. The summed E-state index contributed by atoms with van der Waals surface area (Å²) in [6.45, 7) is 5.06. The van der Waals surface area contributed by atoms with Crippen LogP contribution in [0.15, 0.2) is 66.7 Å². The zero-order valence-corrected chi connectivity index (χ0v) is 22.3. The van der Waals surface area contributed by atoms with E-state index in [2.05, 4.69) is 19.1 Å². The Bertz CT molecular complexity index is 1210. The molecule has 1 saturated heterocycles. The third-order valence-corrected chi connectivity index (χ3v) is 7.29. The molecule has 1 heterocycles. The van der Waals surface area contributed by atoms with Gasteiger partial charge in [0, 0.05) is 17.0 Å². The minimum absolute atomic E-state index is 0.0753. The molecular weight excluding hydrogens is 485 g/mol. The lowest BCUT2D eigenvalue weighted by atomic mass is 9.89. The van der Waals surface area contributed by atoms with E-state index in [1.54, 1.807) is 36.4 Å². The second-order valence-electron chi connectivity index (χ2n) is 9.99. The highest BCUT2D eigenvalue weighted by Crippen LogP contribution is 2.34. The Kier molecular flexibility index (Phi) is 10.1. The summed E-state index contributed by atoms with van der Waals surface area (Å²) in [6.07, 6.45) is 11.3. The summed E-state index contributed by atoms with van der Waals surface area (Å²) in [5.74, 6) is -2.11. The van der Waals surface area contributed by atoms with Crippen LogP contribution in [-0.2, 0) is 4.74 Å². The fourth-order valence-electron chi connectivity index (χ4n) is 4.99. The molecule has 202 valence electrons. The molecule has 1 fully saturated rings. The summed E-state index contributed by atoms with van der Waals surface area (Å²) < 4.78 is 56.0. The average Bonchev–Trinajstić information content (AvgIpc) is 2.94. The summed E-state index contributed by atoms with van der Waals surface area (Å²) >= 11 is 0. The summed E-state index contributed by atoms with van der Waals surface area (Å²) in [7, 11) is 0. The van der Waals surface area contributed by atoms with Gasteiger partial charge in [-0.2, -0.15) is 4.39 Å². The minimum Gasteiger partial charge on any atom is -0.490 e. The highest BCUT2D eigenvalue weighted by atomic mass is 19.2. The van der Waals surface area contributed by atoms with Gasteiger partial charge in [-0.05, 0) is 73.9 Å². The van der Waals surface area contributed by atoms with Crippen molar-refractivity contribution in [2.24, 2.45) is 0 Å². The molecule has 0 aliphatic carbocycles. The normalized spacial score (nSPS) is 17.7. The van der Waals surface area contributed by atoms with Crippen molar-refractivity contribution >= 4 is 0 Å². The van der Waals surface area contributed by atoms with Gasteiger partial charge in [0.2, 0.25) is 5.82 Å². The maximum Gasteiger partial charge on any atom is 0.201 e. The van der Waals surface area contributed by atoms with E-state index in [1.165, 1.54) is 12.1 Å². The first-order valence-corrected chi connectivity index (χ1v) is 13.8. The second-order valence-corrected chi connectivity index (χ2v) is 9.99. The Morgan fingerprint density at radius 3 is 2.29 bits per heavy atom. The number of hydrogen-bond acceptors (Lipinski definition) is 2. The van der Waals surface area contributed by atoms with Crippen molar-refractivity contribution in [1.29, 1.82) is 0 Å². The zero-order chi connectivity index (χ0) is 26.9. The maximum absolute atomic E-state index is 15.1. The molecular formula is C33H37F3O2. The van der Waals surface area contributed by atoms with Gasteiger partial charge in [-0.15, -0.1) is 0 Å². The van der Waals surface area contributed by atoms with Crippen molar-refractivity contribution < 1.29 is 22.6 Å². The predicted octanol–water partition coefficient (Wildman–Crippen LogP) is 9.63. The molecule has 1 aliphatic rings. The van der Waals surface area contributed by atoms with E-state index in [4.69, 9.17) is 9.47 Å². The first-order chi connectivity index (χ1) is 18.5. The molecule has 0 amide bonds. The van der Waals surface area contributed by atoms with E-state index >= 15 is 4.39 Å². The highest BCUT2D eigenvalue weighted by Gasteiger charge is 2.23. The lowest BCUT2D eigenvalue weighted by Gasteiger charge is -2.29. The van der Waals surface area contributed by atoms with Crippen LogP contribution in [0.3, 0.4) is 0 Å². The van der Waals surface area contributed by atoms with E-state index in [1.807, 2.05) is 13.0 Å². The molecule has 0 radical (unpaired) electrons. The summed E-state index contributed by atoms with van der Waals surface area (Å²) in [5, 5.41) is 0. The molecule has 4 rings (SSSR count). The van der Waals surface area contributed by atoms with Crippen LogP contribution in [0.5, 0.6) is 5.75 Å². The summed E-state index contributed by atoms with van der Waals surface area (Å²) in [4.78, 5) is 0. The van der Waals surface area contributed by atoms with Crippen LogP contribution in [0.4, 0.5) is 13.2 Å². The molecule has 2 nitrogen and oxygen atoms in total. The van der Waals surface area contributed by atoms with Crippen molar-refractivity contribution in [3.63, 3.8) is 0 Å². The topological polar surface area (TPSA) is 18.5 Å². The largest absolute Gasteiger partial charge is 0.490 e. The average molecular weight is 523 g/mol. The SMILES string of the molecule is CC=CCCC1CCC(c2ccc(-c3ccc(-c4ccc(OCCCCC)c(F)c4F)cc3)c(F)c2)CO1. The third-order valence-electron chi connectivity index (χ3n) is 7.29. The van der Waals surface area contributed by atoms with Gasteiger partial charge in [-0.3, -0.25) is 0 Å². The van der Waals surface area contributed by atoms with Crippen LogP contribution in [0.1, 0.15) is 70.3 Å². The fraction of sp³-hybridized carbons (Fsp3) is 0.394. The minimum atomic E-state index is -0.986. The molecule has 2 unspecified atom stereocenters. The van der Waals surface area contributed by atoms with Crippen LogP contribution >= 0.6 is 0 Å². The molecule has 3 aromatic carbocycles. The van der Waals surface area contributed by atoms with E-state index in [9.17, 15) is 8.78 Å². The standard InChI is InChI=1S/C33H37F3O2/c1-3-5-7-9-27-16-14-26(22-38-27)25-15-17-28(30(34)21-25)23-10-12-24(13-11-23)29-18-19-31(33(36)32(29)35)37-20-8-6-4-2/h3,5,10-13,15,17-19,21,26-27H,4,6-9,14,16,20,22H2,1-2H3. The van der Waals surface area contributed by atoms with Crippen molar-refractivity contribution in [2.75, 3.05) is 13.2 Å². The second kappa shape index (κ2) is 13.7. The van der Waals surface area contributed by atoms with Crippen LogP contribution in [-0.4, -0.2) is 19.3 Å². The number of ether oxygens (including phenoxy) is 2. The van der Waals surface area contributed by atoms with Gasteiger partial charge in [-0.1, -0.05) is 68.3 Å². The van der Waals surface area contributed by atoms with E-state index in [-0.39, 0.29) is 29.2 Å². The van der Waals surface area contributed by atoms with Crippen LogP contribution < -0.4 is 4.74 Å². The van der Waals surface area contributed by atoms with E-state index in [0.717, 1.165) is 50.5 Å². The smallest absolute Gasteiger partial charge is 0.201 e. The third kappa shape index (κ3) is 6.87. The molecule has 5 heteroatoms. The van der Waals surface area contributed by atoms with Crippen LogP contribution in [0, 0.1) is 17.5 Å². The summed E-state index contributed by atoms with van der Waals surface area (Å²) in [5.41, 5.74) is 2.77.